The molecule has 1 aromatic rings. The maximum atomic E-state index is 11.2. The fraction of sp³-hybridized carbons (Fsp3) is 0.636. The molecule has 0 fully saturated rings. The minimum absolute atomic E-state index is 0.0437. The lowest BCUT2D eigenvalue weighted by Gasteiger charge is -2.13. The highest BCUT2D eigenvalue weighted by molar-refractivity contribution is 7.09. The number of rotatable bonds is 4. The fourth-order valence-electron chi connectivity index (χ4n) is 1.14. The van der Waals surface area contributed by atoms with Gasteiger partial charge in [-0.2, -0.15) is 0 Å². The first-order valence-corrected chi connectivity index (χ1v) is 6.39. The molecule has 17 heavy (non-hydrogen) atoms. The lowest BCUT2D eigenvalue weighted by Crippen LogP contribution is -2.36. The van der Waals surface area contributed by atoms with Crippen molar-refractivity contribution in [3.63, 3.8) is 0 Å². The van der Waals surface area contributed by atoms with Crippen molar-refractivity contribution in [3.8, 4) is 0 Å². The lowest BCUT2D eigenvalue weighted by molar-refractivity contribution is 0.234. The van der Waals surface area contributed by atoms with Gasteiger partial charge in [-0.1, -0.05) is 20.8 Å². The molecule has 0 aliphatic heterocycles. The van der Waals surface area contributed by atoms with Gasteiger partial charge in [-0.3, -0.25) is 0 Å². The Bertz CT molecular complexity index is 371. The molecule has 1 rings (SSSR count). The monoisotopic (exact) mass is 257 g/mol. The number of hydrogen-bond donors (Lipinski definition) is 3. The topological polar surface area (TPSA) is 74.2 Å². The minimum atomic E-state index is -0.288. The maximum Gasteiger partial charge on any atom is 0.315 e. The summed E-state index contributed by atoms with van der Waals surface area (Å²) in [6, 6.07) is -0.288. The van der Waals surface area contributed by atoms with E-state index < -0.39 is 0 Å². The summed E-state index contributed by atoms with van der Waals surface area (Å²) in [6.07, 6.45) is 0. The molecule has 0 aromatic carbocycles. The van der Waals surface area contributed by atoms with E-state index in [1.165, 1.54) is 0 Å². The number of carbonyl (C=O) groups is 1. The molecule has 96 valence electrons. The van der Waals surface area contributed by atoms with Crippen LogP contribution in [0.5, 0.6) is 0 Å². The van der Waals surface area contributed by atoms with E-state index in [4.69, 9.17) is 5.11 Å². The molecular weight excluding hydrogens is 238 g/mol. The number of carbonyl (C=O) groups excluding carboxylic acids is 1. The molecule has 1 heterocycles. The number of hydrogen-bond acceptors (Lipinski definition) is 4. The zero-order valence-electron chi connectivity index (χ0n) is 10.4. The van der Waals surface area contributed by atoms with Gasteiger partial charge >= 0.3 is 6.03 Å². The maximum absolute atomic E-state index is 11.2. The molecule has 6 heteroatoms. The van der Waals surface area contributed by atoms with Crippen LogP contribution >= 0.6 is 11.3 Å². The Kier molecular flexibility index (Phi) is 4.89. The van der Waals surface area contributed by atoms with E-state index in [2.05, 4.69) is 36.4 Å². The number of nitrogens with zero attached hydrogens (tertiary/aromatic N) is 1. The standard InChI is InChI=1S/C11H19N3O2S/c1-11(2,3)9-14-8(7-17-9)6-13-10(16)12-4-5-15/h7,15H,4-6H2,1-3H3,(H2,12,13,16). The highest BCUT2D eigenvalue weighted by atomic mass is 32.1. The van der Waals surface area contributed by atoms with Gasteiger partial charge in [0.2, 0.25) is 0 Å². The van der Waals surface area contributed by atoms with E-state index in [9.17, 15) is 4.79 Å². The highest BCUT2D eigenvalue weighted by Gasteiger charge is 2.17. The van der Waals surface area contributed by atoms with Crippen LogP contribution in [0.15, 0.2) is 5.38 Å². The molecule has 0 atom stereocenters. The van der Waals surface area contributed by atoms with Crippen LogP contribution in [-0.4, -0.2) is 29.3 Å². The van der Waals surface area contributed by atoms with Gasteiger partial charge in [0.1, 0.15) is 0 Å². The zero-order chi connectivity index (χ0) is 12.9. The van der Waals surface area contributed by atoms with Crippen LogP contribution in [0, 0.1) is 0 Å². The fourth-order valence-corrected chi connectivity index (χ4v) is 2.04. The summed E-state index contributed by atoms with van der Waals surface area (Å²) in [4.78, 5) is 15.7. The van der Waals surface area contributed by atoms with Crippen LogP contribution in [0.25, 0.3) is 0 Å². The normalized spacial score (nSPS) is 11.3. The van der Waals surface area contributed by atoms with Gasteiger partial charge in [-0.15, -0.1) is 11.3 Å². The summed E-state index contributed by atoms with van der Waals surface area (Å²) in [5, 5.41) is 16.7. The van der Waals surface area contributed by atoms with Crippen molar-refractivity contribution < 1.29 is 9.90 Å². The smallest absolute Gasteiger partial charge is 0.315 e. The number of amides is 2. The lowest BCUT2D eigenvalue weighted by atomic mass is 9.98. The van der Waals surface area contributed by atoms with Crippen molar-refractivity contribution in [2.45, 2.75) is 32.7 Å². The van der Waals surface area contributed by atoms with Crippen molar-refractivity contribution in [2.24, 2.45) is 0 Å². The molecule has 0 saturated heterocycles. The molecule has 0 spiro atoms. The molecule has 0 aliphatic rings. The van der Waals surface area contributed by atoms with Gasteiger partial charge in [0.05, 0.1) is 23.9 Å². The number of aliphatic hydroxyl groups excluding tert-OH is 1. The van der Waals surface area contributed by atoms with E-state index >= 15 is 0 Å². The first kappa shape index (κ1) is 13.9. The molecule has 0 unspecified atom stereocenters. The van der Waals surface area contributed by atoms with Crippen molar-refractivity contribution >= 4 is 17.4 Å². The van der Waals surface area contributed by atoms with E-state index in [1.54, 1.807) is 11.3 Å². The molecule has 2 amide bonds. The third kappa shape index (κ3) is 4.70. The molecule has 5 nitrogen and oxygen atoms in total. The molecule has 1 aromatic heterocycles. The molecule has 0 bridgehead atoms. The molecule has 3 N–H and O–H groups in total. The Morgan fingerprint density at radius 2 is 2.18 bits per heavy atom. The van der Waals surface area contributed by atoms with E-state index in [1.807, 2.05) is 5.38 Å². The Labute approximate surface area is 105 Å². The van der Waals surface area contributed by atoms with Crippen LogP contribution in [0.1, 0.15) is 31.5 Å². The Morgan fingerprint density at radius 1 is 1.47 bits per heavy atom. The van der Waals surface area contributed by atoms with Crippen LogP contribution in [0.3, 0.4) is 0 Å². The SMILES string of the molecule is CC(C)(C)c1nc(CNC(=O)NCCO)cs1. The van der Waals surface area contributed by atoms with Crippen molar-refractivity contribution in [1.82, 2.24) is 15.6 Å². The molecule has 0 aliphatic carbocycles. The third-order valence-corrected chi connectivity index (χ3v) is 3.34. The number of aromatic nitrogens is 1. The number of nitrogens with one attached hydrogen (secondary N) is 2. The third-order valence-electron chi connectivity index (χ3n) is 2.02. The first-order chi connectivity index (χ1) is 7.93. The van der Waals surface area contributed by atoms with Gasteiger partial charge in [-0.05, 0) is 0 Å². The van der Waals surface area contributed by atoms with Gasteiger partial charge in [-0.25, -0.2) is 9.78 Å². The highest BCUT2D eigenvalue weighted by Crippen LogP contribution is 2.25. The quantitative estimate of drug-likeness (QED) is 0.759. The second kappa shape index (κ2) is 5.97. The Balaban J connectivity index is 2.42. The Morgan fingerprint density at radius 3 is 2.71 bits per heavy atom. The van der Waals surface area contributed by atoms with Gasteiger partial charge in [0, 0.05) is 17.3 Å². The molecule has 0 saturated carbocycles. The largest absolute Gasteiger partial charge is 0.395 e. The van der Waals surface area contributed by atoms with E-state index in [-0.39, 0.29) is 24.6 Å². The van der Waals surface area contributed by atoms with Gasteiger partial charge in [0.15, 0.2) is 0 Å². The second-order valence-electron chi connectivity index (χ2n) is 4.73. The first-order valence-electron chi connectivity index (χ1n) is 5.51. The summed E-state index contributed by atoms with van der Waals surface area (Å²) >= 11 is 1.60. The number of thiazole rings is 1. The van der Waals surface area contributed by atoms with Crippen LogP contribution < -0.4 is 10.6 Å². The average Bonchev–Trinajstić information content (AvgIpc) is 2.71. The van der Waals surface area contributed by atoms with E-state index in [0.717, 1.165) is 10.7 Å². The van der Waals surface area contributed by atoms with Crippen LogP contribution in [0.2, 0.25) is 0 Å². The number of urea groups is 1. The predicted molar refractivity (Wildman–Crippen MR) is 68.1 cm³/mol. The minimum Gasteiger partial charge on any atom is -0.395 e. The summed E-state index contributed by atoms with van der Waals surface area (Å²) in [5.74, 6) is 0. The van der Waals surface area contributed by atoms with Gasteiger partial charge < -0.3 is 15.7 Å². The molecule has 0 radical (unpaired) electrons. The predicted octanol–water partition coefficient (Wildman–Crippen LogP) is 1.23. The van der Waals surface area contributed by atoms with Crippen molar-refractivity contribution in [1.29, 1.82) is 0 Å². The van der Waals surface area contributed by atoms with E-state index in [0.29, 0.717) is 6.54 Å². The molecular formula is C11H19N3O2S. The zero-order valence-corrected chi connectivity index (χ0v) is 11.2. The van der Waals surface area contributed by atoms with Crippen molar-refractivity contribution in [3.05, 3.63) is 16.1 Å². The summed E-state index contributed by atoms with van der Waals surface area (Å²) in [7, 11) is 0. The summed E-state index contributed by atoms with van der Waals surface area (Å²) in [6.45, 7) is 6.93. The number of aliphatic hydroxyl groups is 1. The van der Waals surface area contributed by atoms with Gasteiger partial charge in [0.25, 0.3) is 0 Å². The summed E-state index contributed by atoms with van der Waals surface area (Å²) in [5.41, 5.74) is 0.904. The summed E-state index contributed by atoms with van der Waals surface area (Å²) < 4.78 is 0. The van der Waals surface area contributed by atoms with Crippen LogP contribution in [-0.2, 0) is 12.0 Å². The van der Waals surface area contributed by atoms with Crippen molar-refractivity contribution in [2.75, 3.05) is 13.2 Å². The Hall–Kier alpha value is -1.14. The van der Waals surface area contributed by atoms with Crippen LogP contribution in [0.4, 0.5) is 4.79 Å². The average molecular weight is 257 g/mol. The second-order valence-corrected chi connectivity index (χ2v) is 5.59.